The molecule has 1 atom stereocenters. The van der Waals surface area contributed by atoms with Gasteiger partial charge in [-0.05, 0) is 24.6 Å². The van der Waals surface area contributed by atoms with Crippen LogP contribution in [0.25, 0.3) is 5.65 Å². The van der Waals surface area contributed by atoms with Gasteiger partial charge in [0.2, 0.25) is 0 Å². The molecule has 0 bridgehead atoms. The van der Waals surface area contributed by atoms with Crippen molar-refractivity contribution >= 4 is 11.6 Å². The minimum atomic E-state index is 0.00386. The summed E-state index contributed by atoms with van der Waals surface area (Å²) in [5.74, 6) is 0.862. The van der Waals surface area contributed by atoms with Gasteiger partial charge in [0.15, 0.2) is 5.96 Å². The number of aliphatic imine (C=N–C) groups is 1. The van der Waals surface area contributed by atoms with E-state index in [-0.39, 0.29) is 6.10 Å². The predicted molar refractivity (Wildman–Crippen MR) is 104 cm³/mol. The zero-order valence-corrected chi connectivity index (χ0v) is 16.0. The normalized spacial score (nSPS) is 18.3. The van der Waals surface area contributed by atoms with Crippen LogP contribution in [0.5, 0.6) is 0 Å². The largest absolute Gasteiger partial charge is 0.370 e. The molecule has 1 N–H and O–H groups in total. The van der Waals surface area contributed by atoms with Gasteiger partial charge in [-0.15, -0.1) is 0 Å². The van der Waals surface area contributed by atoms with Crippen molar-refractivity contribution in [2.75, 3.05) is 26.7 Å². The van der Waals surface area contributed by atoms with Gasteiger partial charge in [-0.2, -0.15) is 5.10 Å². The molecule has 0 radical (unpaired) electrons. The van der Waals surface area contributed by atoms with Crippen LogP contribution in [0.15, 0.2) is 41.9 Å². The first-order valence-electron chi connectivity index (χ1n) is 9.12. The summed E-state index contributed by atoms with van der Waals surface area (Å²) in [5.41, 5.74) is 4.25. The van der Waals surface area contributed by atoms with Crippen LogP contribution in [0.1, 0.15) is 22.9 Å². The van der Waals surface area contributed by atoms with Gasteiger partial charge in [0.25, 0.3) is 0 Å². The Morgan fingerprint density at radius 3 is 3.07 bits per heavy atom. The van der Waals surface area contributed by atoms with E-state index in [1.165, 1.54) is 5.56 Å². The van der Waals surface area contributed by atoms with Gasteiger partial charge in [-0.1, -0.05) is 0 Å². The van der Waals surface area contributed by atoms with Gasteiger partial charge in [-0.3, -0.25) is 9.67 Å². The van der Waals surface area contributed by atoms with Crippen molar-refractivity contribution in [3.8, 4) is 0 Å². The second-order valence-electron chi connectivity index (χ2n) is 6.86. The first kappa shape index (κ1) is 17.5. The Hall–Kier alpha value is -2.87. The lowest BCUT2D eigenvalue weighted by molar-refractivity contribution is -0.00805. The van der Waals surface area contributed by atoms with Crippen LogP contribution in [0.3, 0.4) is 0 Å². The van der Waals surface area contributed by atoms with Crippen molar-refractivity contribution in [3.63, 3.8) is 0 Å². The molecule has 27 heavy (non-hydrogen) atoms. The third-order valence-corrected chi connectivity index (χ3v) is 4.77. The third kappa shape index (κ3) is 3.80. The molecule has 142 valence electrons. The summed E-state index contributed by atoms with van der Waals surface area (Å²) < 4.78 is 9.77. The highest BCUT2D eigenvalue weighted by molar-refractivity contribution is 5.80. The lowest BCUT2D eigenvalue weighted by Crippen LogP contribution is -2.47. The fourth-order valence-electron chi connectivity index (χ4n) is 3.37. The average molecular weight is 367 g/mol. The smallest absolute Gasteiger partial charge is 0.194 e. The molecule has 0 aliphatic carbocycles. The molecule has 4 rings (SSSR count). The summed E-state index contributed by atoms with van der Waals surface area (Å²) in [6.45, 7) is 4.91. The van der Waals surface area contributed by atoms with E-state index in [4.69, 9.17) is 4.74 Å². The van der Waals surface area contributed by atoms with Gasteiger partial charge in [0.05, 0.1) is 31.6 Å². The molecular formula is C19H25N7O. The van der Waals surface area contributed by atoms with Crippen LogP contribution in [0.4, 0.5) is 0 Å². The third-order valence-electron chi connectivity index (χ3n) is 4.77. The number of guanidine groups is 1. The fraction of sp³-hybridized carbons (Fsp3) is 0.421. The molecule has 3 aromatic heterocycles. The summed E-state index contributed by atoms with van der Waals surface area (Å²) in [5, 5.41) is 7.68. The lowest BCUT2D eigenvalue weighted by atomic mass is 10.1. The van der Waals surface area contributed by atoms with Gasteiger partial charge in [-0.25, -0.2) is 4.98 Å². The molecule has 0 amide bonds. The van der Waals surface area contributed by atoms with E-state index in [1.54, 1.807) is 4.68 Å². The SMILES string of the molecule is CN=C(NCc1cn2ccc(C)cc2n1)N1CCOC(c2cnn(C)c2)C1. The number of rotatable bonds is 3. The van der Waals surface area contributed by atoms with E-state index in [1.807, 2.05) is 43.3 Å². The first-order valence-corrected chi connectivity index (χ1v) is 9.12. The highest BCUT2D eigenvalue weighted by Crippen LogP contribution is 2.21. The molecule has 4 heterocycles. The second-order valence-corrected chi connectivity index (χ2v) is 6.86. The van der Waals surface area contributed by atoms with Gasteiger partial charge in [0, 0.05) is 44.8 Å². The lowest BCUT2D eigenvalue weighted by Gasteiger charge is -2.34. The van der Waals surface area contributed by atoms with Crippen LogP contribution in [-0.4, -0.2) is 56.8 Å². The number of ether oxygens (including phenoxy) is 1. The van der Waals surface area contributed by atoms with Gasteiger partial charge < -0.3 is 19.4 Å². The number of aryl methyl sites for hydroxylation is 2. The molecule has 1 saturated heterocycles. The van der Waals surface area contributed by atoms with Crippen molar-refractivity contribution in [1.29, 1.82) is 0 Å². The standard InChI is InChI=1S/C19H25N7O/c1-14-4-5-25-12-16(23-18(25)8-14)10-21-19(20-2)26-6-7-27-17(13-26)15-9-22-24(3)11-15/h4-5,8-9,11-12,17H,6-7,10,13H2,1-3H3,(H,20,21). The molecule has 1 fully saturated rings. The fourth-order valence-corrected chi connectivity index (χ4v) is 3.37. The average Bonchev–Trinajstić information content (AvgIpc) is 3.28. The Morgan fingerprint density at radius 1 is 1.41 bits per heavy atom. The Labute approximate surface area is 158 Å². The minimum Gasteiger partial charge on any atom is -0.370 e. The van der Waals surface area contributed by atoms with Crippen molar-refractivity contribution in [2.45, 2.75) is 19.6 Å². The quantitative estimate of drug-likeness (QED) is 0.561. The molecule has 0 aromatic carbocycles. The Morgan fingerprint density at radius 2 is 2.30 bits per heavy atom. The maximum absolute atomic E-state index is 5.92. The first-order chi connectivity index (χ1) is 13.1. The monoisotopic (exact) mass is 367 g/mol. The molecule has 8 heteroatoms. The van der Waals surface area contributed by atoms with E-state index in [0.717, 1.165) is 36.0 Å². The Bertz CT molecular complexity index is 958. The molecule has 1 aliphatic rings. The topological polar surface area (TPSA) is 72.0 Å². The van der Waals surface area contributed by atoms with Crippen molar-refractivity contribution in [3.05, 3.63) is 53.7 Å². The second kappa shape index (κ2) is 7.40. The van der Waals surface area contributed by atoms with E-state index in [9.17, 15) is 0 Å². The van der Waals surface area contributed by atoms with Crippen LogP contribution in [0.2, 0.25) is 0 Å². The number of aromatic nitrogens is 4. The van der Waals surface area contributed by atoms with Crippen molar-refractivity contribution in [1.82, 2.24) is 29.4 Å². The van der Waals surface area contributed by atoms with E-state index < -0.39 is 0 Å². The zero-order valence-electron chi connectivity index (χ0n) is 16.0. The Balaban J connectivity index is 1.42. The highest BCUT2D eigenvalue weighted by atomic mass is 16.5. The summed E-state index contributed by atoms with van der Waals surface area (Å²) in [6.07, 6.45) is 7.96. The maximum Gasteiger partial charge on any atom is 0.194 e. The van der Waals surface area contributed by atoms with Gasteiger partial charge >= 0.3 is 0 Å². The molecular weight excluding hydrogens is 342 g/mol. The number of nitrogens with zero attached hydrogens (tertiary/aromatic N) is 6. The Kier molecular flexibility index (Phi) is 4.81. The molecule has 8 nitrogen and oxygen atoms in total. The molecule has 3 aromatic rings. The van der Waals surface area contributed by atoms with Crippen LogP contribution in [-0.2, 0) is 18.3 Å². The number of nitrogens with one attached hydrogen (secondary N) is 1. The number of hydrogen-bond donors (Lipinski definition) is 1. The van der Waals surface area contributed by atoms with Crippen molar-refractivity contribution < 1.29 is 4.74 Å². The maximum atomic E-state index is 5.92. The number of imidazole rings is 1. The number of pyridine rings is 1. The number of morpholine rings is 1. The summed E-state index contributed by atoms with van der Waals surface area (Å²) in [7, 11) is 3.73. The summed E-state index contributed by atoms with van der Waals surface area (Å²) in [6, 6.07) is 4.16. The van der Waals surface area contributed by atoms with Crippen LogP contribution < -0.4 is 5.32 Å². The van der Waals surface area contributed by atoms with E-state index in [0.29, 0.717) is 13.2 Å². The predicted octanol–water partition coefficient (Wildman–Crippen LogP) is 1.53. The zero-order chi connectivity index (χ0) is 18.8. The molecule has 1 aliphatic heterocycles. The molecule has 1 unspecified atom stereocenters. The molecule has 0 saturated carbocycles. The highest BCUT2D eigenvalue weighted by Gasteiger charge is 2.25. The summed E-state index contributed by atoms with van der Waals surface area (Å²) in [4.78, 5) is 11.4. The van der Waals surface area contributed by atoms with Crippen molar-refractivity contribution in [2.24, 2.45) is 12.0 Å². The summed E-state index contributed by atoms with van der Waals surface area (Å²) >= 11 is 0. The van der Waals surface area contributed by atoms with E-state index >= 15 is 0 Å². The van der Waals surface area contributed by atoms with Crippen LogP contribution >= 0.6 is 0 Å². The minimum absolute atomic E-state index is 0.00386. The van der Waals surface area contributed by atoms with E-state index in [2.05, 4.69) is 44.3 Å². The van der Waals surface area contributed by atoms with Gasteiger partial charge in [0.1, 0.15) is 11.8 Å². The number of fused-ring (bicyclic) bond motifs is 1. The molecule has 0 spiro atoms. The van der Waals surface area contributed by atoms with Crippen LogP contribution in [0, 0.1) is 6.92 Å². The number of hydrogen-bond acceptors (Lipinski definition) is 4.